The van der Waals surface area contributed by atoms with Crippen LogP contribution in [0.15, 0.2) is 34.3 Å². The topological polar surface area (TPSA) is 102 Å². The lowest BCUT2D eigenvalue weighted by Gasteiger charge is -2.21. The Morgan fingerprint density at radius 2 is 1.44 bits per heavy atom. The second-order valence-electron chi connectivity index (χ2n) is 8.87. The van der Waals surface area contributed by atoms with Crippen molar-refractivity contribution in [1.29, 1.82) is 0 Å². The number of benzene rings is 2. The van der Waals surface area contributed by atoms with Crippen LogP contribution in [0.25, 0.3) is 0 Å². The van der Waals surface area contributed by atoms with Crippen LogP contribution in [0, 0.1) is 0 Å². The van der Waals surface area contributed by atoms with Crippen molar-refractivity contribution < 1.29 is 28.5 Å². The molecule has 10 nitrogen and oxygen atoms in total. The van der Waals surface area contributed by atoms with Crippen molar-refractivity contribution in [2.45, 2.75) is 31.8 Å². The fraction of sp³-hybridized carbons (Fsp3) is 0.385. The Morgan fingerprint density at radius 1 is 0.861 bits per heavy atom. The average Bonchev–Trinajstić information content (AvgIpc) is 3.29. The van der Waals surface area contributed by atoms with E-state index in [1.54, 1.807) is 42.4 Å². The van der Waals surface area contributed by atoms with Crippen LogP contribution in [0.2, 0.25) is 0 Å². The molecule has 2 amide bonds. The summed E-state index contributed by atoms with van der Waals surface area (Å²) in [7, 11) is 4.75. The van der Waals surface area contributed by atoms with Gasteiger partial charge in [0.1, 0.15) is 0 Å². The number of aliphatic imine (C=N–C) groups is 2. The number of ether oxygens (including phenoxy) is 4. The smallest absolute Gasteiger partial charge is 0.256 e. The first-order valence-electron chi connectivity index (χ1n) is 11.8. The molecule has 3 aliphatic heterocycles. The third kappa shape index (κ3) is 4.12. The van der Waals surface area contributed by atoms with Gasteiger partial charge >= 0.3 is 0 Å². The number of rotatable bonds is 6. The minimum Gasteiger partial charge on any atom is -0.493 e. The van der Waals surface area contributed by atoms with Crippen molar-refractivity contribution in [3.05, 3.63) is 35.4 Å². The number of fused-ring (bicyclic) bond motifs is 3. The zero-order valence-electron chi connectivity index (χ0n) is 20.7. The molecule has 0 N–H and O–H groups in total. The van der Waals surface area contributed by atoms with Gasteiger partial charge in [-0.05, 0) is 31.9 Å². The van der Waals surface area contributed by atoms with E-state index in [0.717, 1.165) is 19.4 Å². The van der Waals surface area contributed by atoms with Gasteiger partial charge in [-0.2, -0.15) is 0 Å². The first kappa shape index (κ1) is 23.7. The second-order valence-corrected chi connectivity index (χ2v) is 8.87. The molecule has 5 rings (SSSR count). The second kappa shape index (κ2) is 9.52. The molecule has 0 aliphatic carbocycles. The summed E-state index contributed by atoms with van der Waals surface area (Å²) < 4.78 is 22.7. The molecular formula is C26H28N4O6. The van der Waals surface area contributed by atoms with Crippen molar-refractivity contribution in [3.8, 4) is 23.0 Å². The maximum atomic E-state index is 13.0. The van der Waals surface area contributed by atoms with Gasteiger partial charge in [0.05, 0.1) is 48.8 Å². The number of amides is 2. The maximum Gasteiger partial charge on any atom is 0.256 e. The van der Waals surface area contributed by atoms with Crippen LogP contribution < -0.4 is 18.9 Å². The summed E-state index contributed by atoms with van der Waals surface area (Å²) in [5.41, 5.74) is 1.93. The normalized spacial score (nSPS) is 20.3. The maximum absolute atomic E-state index is 13.0. The molecule has 10 heteroatoms. The summed E-state index contributed by atoms with van der Waals surface area (Å²) in [5.74, 6) is 1.34. The standard InChI is InChI=1S/C26H28N4O6/c1-15-12-27-19-10-23(21(33-3)8-17(19)25(31)29(15)2)35-14-36-24-11-20-18(9-22(24)34-4)26(32)30-7-5-6-16(30)13-28-20/h8-13,15-16H,5-7,14H2,1-4H3/t15-,16-/m0/s1. The highest BCUT2D eigenvalue weighted by atomic mass is 16.7. The first-order valence-corrected chi connectivity index (χ1v) is 11.8. The zero-order chi connectivity index (χ0) is 25.4. The molecule has 0 unspecified atom stereocenters. The molecule has 3 aliphatic rings. The molecule has 1 saturated heterocycles. The van der Waals surface area contributed by atoms with E-state index in [4.69, 9.17) is 18.9 Å². The van der Waals surface area contributed by atoms with Crippen LogP contribution in [0.5, 0.6) is 23.0 Å². The van der Waals surface area contributed by atoms with Crippen LogP contribution in [-0.2, 0) is 0 Å². The Kier molecular flexibility index (Phi) is 6.26. The van der Waals surface area contributed by atoms with Crippen LogP contribution in [-0.4, -0.2) is 80.7 Å². The van der Waals surface area contributed by atoms with Gasteiger partial charge in [0.25, 0.3) is 11.8 Å². The van der Waals surface area contributed by atoms with Crippen molar-refractivity contribution in [1.82, 2.24) is 9.80 Å². The number of nitrogens with zero attached hydrogens (tertiary/aromatic N) is 4. The molecule has 2 atom stereocenters. The predicted molar refractivity (Wildman–Crippen MR) is 134 cm³/mol. The number of hydrogen-bond acceptors (Lipinski definition) is 8. The molecule has 0 radical (unpaired) electrons. The van der Waals surface area contributed by atoms with E-state index < -0.39 is 0 Å². The van der Waals surface area contributed by atoms with E-state index in [9.17, 15) is 9.59 Å². The van der Waals surface area contributed by atoms with Gasteiger partial charge in [0.15, 0.2) is 23.0 Å². The Morgan fingerprint density at radius 3 is 2.06 bits per heavy atom. The molecule has 2 aromatic carbocycles. The van der Waals surface area contributed by atoms with Crippen molar-refractivity contribution in [2.75, 3.05) is 34.6 Å². The Balaban J connectivity index is 1.38. The van der Waals surface area contributed by atoms with E-state index in [1.165, 1.54) is 14.2 Å². The van der Waals surface area contributed by atoms with Crippen LogP contribution in [0.4, 0.5) is 11.4 Å². The Labute approximate surface area is 209 Å². The molecule has 2 aromatic rings. The Bertz CT molecular complexity index is 1270. The monoisotopic (exact) mass is 492 g/mol. The Hall–Kier alpha value is -4.08. The molecule has 3 heterocycles. The van der Waals surface area contributed by atoms with Crippen LogP contribution >= 0.6 is 0 Å². The molecule has 0 aromatic heterocycles. The van der Waals surface area contributed by atoms with E-state index >= 15 is 0 Å². The summed E-state index contributed by atoms with van der Waals surface area (Å²) in [6.45, 7) is 2.44. The van der Waals surface area contributed by atoms with Crippen LogP contribution in [0.3, 0.4) is 0 Å². The van der Waals surface area contributed by atoms with E-state index in [0.29, 0.717) is 45.5 Å². The highest BCUT2D eigenvalue weighted by Crippen LogP contribution is 2.39. The number of methoxy groups -OCH3 is 2. The van der Waals surface area contributed by atoms with Crippen molar-refractivity contribution >= 4 is 35.6 Å². The van der Waals surface area contributed by atoms with Gasteiger partial charge < -0.3 is 28.7 Å². The van der Waals surface area contributed by atoms with E-state index in [2.05, 4.69) is 9.98 Å². The minimum atomic E-state index is -0.176. The predicted octanol–water partition coefficient (Wildman–Crippen LogP) is 3.62. The van der Waals surface area contributed by atoms with E-state index in [-0.39, 0.29) is 30.7 Å². The number of hydrogen-bond donors (Lipinski definition) is 0. The minimum absolute atomic E-state index is 0.0154. The summed E-state index contributed by atoms with van der Waals surface area (Å²) >= 11 is 0. The molecular weight excluding hydrogens is 464 g/mol. The molecule has 1 fully saturated rings. The molecule has 0 saturated carbocycles. The highest BCUT2D eigenvalue weighted by Gasteiger charge is 2.32. The fourth-order valence-corrected chi connectivity index (χ4v) is 4.54. The molecule has 36 heavy (non-hydrogen) atoms. The van der Waals surface area contributed by atoms with Gasteiger partial charge in [-0.15, -0.1) is 0 Å². The van der Waals surface area contributed by atoms with Gasteiger partial charge in [0, 0.05) is 38.2 Å². The highest BCUT2D eigenvalue weighted by molar-refractivity contribution is 6.04. The summed E-state index contributed by atoms with van der Waals surface area (Å²) in [4.78, 5) is 38.3. The average molecular weight is 493 g/mol. The number of carbonyl (C=O) groups excluding carboxylic acids is 2. The lowest BCUT2D eigenvalue weighted by Crippen LogP contribution is -2.35. The first-order chi connectivity index (χ1) is 17.4. The molecule has 0 spiro atoms. The summed E-state index contributed by atoms with van der Waals surface area (Å²) in [5, 5.41) is 0. The van der Waals surface area contributed by atoms with Crippen LogP contribution in [0.1, 0.15) is 40.5 Å². The number of carbonyl (C=O) groups is 2. The fourth-order valence-electron chi connectivity index (χ4n) is 4.54. The van der Waals surface area contributed by atoms with Gasteiger partial charge in [0.2, 0.25) is 6.79 Å². The SMILES string of the molecule is COc1cc2c(cc1OCOc1cc3c(cc1OC)C(=O)N1CCC[C@H]1C=N3)N=C[C@H](C)N(C)C2=O. The van der Waals surface area contributed by atoms with E-state index in [1.807, 2.05) is 18.0 Å². The third-order valence-corrected chi connectivity index (χ3v) is 6.76. The van der Waals surface area contributed by atoms with Gasteiger partial charge in [-0.3, -0.25) is 19.6 Å². The lowest BCUT2D eigenvalue weighted by molar-refractivity contribution is 0.0770. The van der Waals surface area contributed by atoms with Gasteiger partial charge in [-0.1, -0.05) is 0 Å². The quantitative estimate of drug-likeness (QED) is 0.571. The largest absolute Gasteiger partial charge is 0.493 e. The zero-order valence-corrected chi connectivity index (χ0v) is 20.7. The van der Waals surface area contributed by atoms with Gasteiger partial charge in [-0.25, -0.2) is 0 Å². The van der Waals surface area contributed by atoms with Crippen molar-refractivity contribution in [3.63, 3.8) is 0 Å². The summed E-state index contributed by atoms with van der Waals surface area (Å²) in [6, 6.07) is 6.49. The van der Waals surface area contributed by atoms with Crippen molar-refractivity contribution in [2.24, 2.45) is 9.98 Å². The molecule has 188 valence electrons. The lowest BCUT2D eigenvalue weighted by atomic mass is 10.1. The molecule has 0 bridgehead atoms. The summed E-state index contributed by atoms with van der Waals surface area (Å²) in [6.07, 6.45) is 5.41. The third-order valence-electron chi connectivity index (χ3n) is 6.76.